The van der Waals surface area contributed by atoms with Crippen LogP contribution in [0.25, 0.3) is 0 Å². The van der Waals surface area contributed by atoms with E-state index in [1.807, 2.05) is 0 Å². The summed E-state index contributed by atoms with van der Waals surface area (Å²) in [6.45, 7) is 2.26. The van der Waals surface area contributed by atoms with Crippen LogP contribution in [0.5, 0.6) is 0 Å². The van der Waals surface area contributed by atoms with Crippen molar-refractivity contribution < 1.29 is 54.5 Å². The van der Waals surface area contributed by atoms with Gasteiger partial charge < -0.3 is 20.1 Å². The molecule has 5 nitrogen and oxygen atoms in total. The molecule has 0 atom stereocenters. The Morgan fingerprint density at radius 1 is 0.696 bits per heavy atom. The first kappa shape index (κ1) is 27.6. The van der Waals surface area contributed by atoms with E-state index in [9.17, 15) is 4.79 Å². The van der Waals surface area contributed by atoms with E-state index in [2.05, 4.69) is 6.92 Å². The van der Waals surface area contributed by atoms with Crippen LogP contribution in [0.2, 0.25) is 0 Å². The molecule has 0 bridgehead atoms. The van der Waals surface area contributed by atoms with Gasteiger partial charge >= 0.3 is 35.5 Å². The number of unbranched alkanes of at least 4 members (excludes halogenated alkanes) is 12. The molecule has 2 N–H and O–H groups in total. The molecule has 0 heterocycles. The van der Waals surface area contributed by atoms with Crippen LogP contribution in [0.3, 0.4) is 0 Å². The maximum atomic E-state index is 10.3. The molecule has 0 saturated carbocycles. The normalized spacial score (nSPS) is 9.43. The summed E-state index contributed by atoms with van der Waals surface area (Å²) >= 11 is 0. The second kappa shape index (κ2) is 24.0. The monoisotopic (exact) mass is 340 g/mol. The van der Waals surface area contributed by atoms with E-state index < -0.39 is 12.1 Å². The minimum Gasteiger partial charge on any atom is -0.565 e. The van der Waals surface area contributed by atoms with Crippen molar-refractivity contribution >= 4 is 12.1 Å². The molecule has 0 aliphatic rings. The third-order valence-corrected chi connectivity index (χ3v) is 3.49. The summed E-state index contributed by atoms with van der Waals surface area (Å²) in [5.74, 6) is -0.655. The average molecular weight is 340 g/mol. The van der Waals surface area contributed by atoms with Gasteiger partial charge in [-0.1, -0.05) is 84.0 Å². The molecule has 132 valence electrons. The predicted octanol–water partition coefficient (Wildman–Crippen LogP) is 1.44. The van der Waals surface area contributed by atoms with Crippen molar-refractivity contribution in [2.45, 2.75) is 96.8 Å². The van der Waals surface area contributed by atoms with Gasteiger partial charge in [0.15, 0.2) is 0 Å². The van der Waals surface area contributed by atoms with Crippen LogP contribution in [0.15, 0.2) is 0 Å². The fraction of sp³-hybridized carbons (Fsp3) is 0.882. The molecule has 23 heavy (non-hydrogen) atoms. The Labute approximate surface area is 163 Å². The minimum atomic E-state index is -2.08. The van der Waals surface area contributed by atoms with Crippen LogP contribution in [-0.2, 0) is 4.79 Å². The van der Waals surface area contributed by atoms with Crippen molar-refractivity contribution in [3.8, 4) is 0 Å². The summed E-state index contributed by atoms with van der Waals surface area (Å²) in [5.41, 5.74) is 0. The molecule has 0 spiro atoms. The van der Waals surface area contributed by atoms with Crippen LogP contribution in [0.1, 0.15) is 96.8 Å². The van der Waals surface area contributed by atoms with Crippen molar-refractivity contribution in [3.63, 3.8) is 0 Å². The van der Waals surface area contributed by atoms with E-state index in [0.717, 1.165) is 12.8 Å². The topological polar surface area (TPSA) is 97.7 Å². The van der Waals surface area contributed by atoms with Gasteiger partial charge in [-0.05, 0) is 6.42 Å². The Kier molecular flexibility index (Phi) is 28.8. The van der Waals surface area contributed by atoms with Gasteiger partial charge in [0.05, 0.1) is 0 Å². The van der Waals surface area contributed by atoms with E-state index in [1.54, 1.807) is 0 Å². The first-order valence-corrected chi connectivity index (χ1v) is 8.62. The van der Waals surface area contributed by atoms with E-state index in [-0.39, 0.29) is 29.6 Å². The van der Waals surface area contributed by atoms with E-state index in [0.29, 0.717) is 6.42 Å². The number of carbonyl (C=O) groups is 2. The molecule has 0 aliphatic carbocycles. The maximum absolute atomic E-state index is 10.3. The van der Waals surface area contributed by atoms with Gasteiger partial charge in [0.25, 0.3) is 0 Å². The zero-order chi connectivity index (χ0) is 17.1. The number of carboxylic acids is 1. The van der Waals surface area contributed by atoms with Crippen LogP contribution in [0.4, 0.5) is 4.79 Å². The molecule has 0 saturated heterocycles. The van der Waals surface area contributed by atoms with Crippen LogP contribution in [0, 0.1) is 0 Å². The molecular formula is C17H33NaO5. The molecule has 0 aromatic carbocycles. The zero-order valence-corrected chi connectivity index (χ0v) is 17.0. The summed E-state index contributed by atoms with van der Waals surface area (Å²) in [5, 5.41) is 23.8. The first-order valence-electron chi connectivity index (χ1n) is 8.62. The third kappa shape index (κ3) is 39.0. The number of hydrogen-bond acceptors (Lipinski definition) is 3. The summed E-state index contributed by atoms with van der Waals surface area (Å²) in [6, 6.07) is 0. The Morgan fingerprint density at radius 2 is 0.957 bits per heavy atom. The fourth-order valence-corrected chi connectivity index (χ4v) is 2.29. The molecule has 0 fully saturated rings. The molecule has 0 aliphatic heterocycles. The Morgan fingerprint density at radius 3 is 1.22 bits per heavy atom. The number of rotatable bonds is 14. The quantitative estimate of drug-likeness (QED) is 0.368. The van der Waals surface area contributed by atoms with Crippen molar-refractivity contribution in [2.24, 2.45) is 0 Å². The number of carboxylic acid groups (broad SMARTS) is 3. The van der Waals surface area contributed by atoms with Crippen molar-refractivity contribution in [1.82, 2.24) is 0 Å². The Bertz CT molecular complexity index is 255. The van der Waals surface area contributed by atoms with Gasteiger partial charge in [-0.2, -0.15) is 0 Å². The van der Waals surface area contributed by atoms with Crippen LogP contribution in [-0.4, -0.2) is 22.3 Å². The van der Waals surface area contributed by atoms with Gasteiger partial charge in [-0.3, -0.25) is 4.79 Å². The van der Waals surface area contributed by atoms with Gasteiger partial charge in [0.2, 0.25) is 6.16 Å². The molecule has 0 amide bonds. The predicted molar refractivity (Wildman–Crippen MR) is 86.0 cm³/mol. The van der Waals surface area contributed by atoms with Crippen molar-refractivity contribution in [2.75, 3.05) is 0 Å². The van der Waals surface area contributed by atoms with E-state index in [4.69, 9.17) is 20.1 Å². The van der Waals surface area contributed by atoms with Gasteiger partial charge in [0, 0.05) is 6.42 Å². The van der Waals surface area contributed by atoms with Crippen molar-refractivity contribution in [1.29, 1.82) is 0 Å². The summed E-state index contributed by atoms with van der Waals surface area (Å²) < 4.78 is 0. The molecule has 0 rings (SSSR count). The third-order valence-electron chi connectivity index (χ3n) is 3.49. The van der Waals surface area contributed by atoms with Crippen molar-refractivity contribution in [3.05, 3.63) is 0 Å². The van der Waals surface area contributed by atoms with Gasteiger partial charge in [-0.25, -0.2) is 0 Å². The van der Waals surface area contributed by atoms with E-state index >= 15 is 0 Å². The fourth-order valence-electron chi connectivity index (χ4n) is 2.29. The summed E-state index contributed by atoms with van der Waals surface area (Å²) in [7, 11) is 0. The molecular weight excluding hydrogens is 307 g/mol. The molecule has 0 radical (unpaired) electrons. The summed E-state index contributed by atoms with van der Waals surface area (Å²) in [6.07, 6.45) is 15.2. The van der Waals surface area contributed by atoms with Crippen LogP contribution >= 0.6 is 0 Å². The number of hydrogen-bond donors (Lipinski definition) is 2. The maximum Gasteiger partial charge on any atom is 1.00 e. The Balaban J connectivity index is -0.000000712. The number of aliphatic carboxylic acids is 1. The Hall–Kier alpha value is -0.260. The zero-order valence-electron chi connectivity index (χ0n) is 15.0. The smallest absolute Gasteiger partial charge is 0.565 e. The average Bonchev–Trinajstić information content (AvgIpc) is 2.43. The minimum absolute atomic E-state index is 0. The first-order chi connectivity index (χ1) is 10.5. The standard InChI is InChI=1S/C16H32O2.CH2O3.Na/c1-2-3-4-5-6-7-8-9-10-11-12-13-14-15-16(17)18;2-1(3)4;/h2-15H2,1H3,(H,17,18);(H2,2,3,4);/q;;+1/p-1. The van der Waals surface area contributed by atoms with E-state index in [1.165, 1.54) is 70.6 Å². The second-order valence-corrected chi connectivity index (χ2v) is 5.65. The van der Waals surface area contributed by atoms with Crippen LogP contribution < -0.4 is 34.7 Å². The molecule has 0 aromatic rings. The second-order valence-electron chi connectivity index (χ2n) is 5.65. The molecule has 6 heteroatoms. The van der Waals surface area contributed by atoms with Gasteiger partial charge in [-0.15, -0.1) is 0 Å². The SMILES string of the molecule is CCCCCCCCCCCCCCCC(=O)O.O=C([O-])O.[Na+]. The largest absolute Gasteiger partial charge is 1.00 e. The molecule has 0 aromatic heterocycles. The van der Waals surface area contributed by atoms with Gasteiger partial charge in [0.1, 0.15) is 0 Å². The summed E-state index contributed by atoms with van der Waals surface area (Å²) in [4.78, 5) is 18.7. The molecule has 0 unspecified atom stereocenters.